The van der Waals surface area contributed by atoms with Crippen LogP contribution in [0.5, 0.6) is 0 Å². The zero-order valence-corrected chi connectivity index (χ0v) is 13.7. The van der Waals surface area contributed by atoms with Gasteiger partial charge in [0, 0.05) is 38.2 Å². The summed E-state index contributed by atoms with van der Waals surface area (Å²) in [7, 11) is 0. The highest BCUT2D eigenvalue weighted by Crippen LogP contribution is 2.20. The second kappa shape index (κ2) is 6.61. The molecule has 1 aromatic carbocycles. The van der Waals surface area contributed by atoms with Crippen LogP contribution < -0.4 is 5.32 Å². The molecule has 0 spiro atoms. The third-order valence-electron chi connectivity index (χ3n) is 4.70. The molecule has 124 valence electrons. The Labute approximate surface area is 142 Å². The fourth-order valence-corrected chi connectivity index (χ4v) is 3.42. The minimum atomic E-state index is -0.0651. The van der Waals surface area contributed by atoms with Crippen LogP contribution in [0.1, 0.15) is 34.6 Å². The van der Waals surface area contributed by atoms with Gasteiger partial charge in [0.15, 0.2) is 0 Å². The van der Waals surface area contributed by atoms with Crippen LogP contribution in [0, 0.1) is 0 Å². The maximum atomic E-state index is 12.6. The molecule has 4 rings (SSSR count). The van der Waals surface area contributed by atoms with Gasteiger partial charge in [-0.25, -0.2) is 4.98 Å². The highest BCUT2D eigenvalue weighted by atomic mass is 16.1. The number of anilines is 1. The van der Waals surface area contributed by atoms with Gasteiger partial charge in [-0.3, -0.25) is 9.69 Å². The molecule has 1 aromatic heterocycles. The molecular weight excluding hydrogens is 300 g/mol. The standard InChI is InChI=1S/C19H22N4O/c24-19(21-18-13-20-17-8-1-2-11-23(17)18)16-7-5-6-15(12-16)14-22-9-3-4-10-22/h3-7,12-13H,1-2,8-11,14H2,(H,21,24). The zero-order chi connectivity index (χ0) is 16.4. The summed E-state index contributed by atoms with van der Waals surface area (Å²) in [5, 5.41) is 3.02. The minimum absolute atomic E-state index is 0.0651. The number of amides is 1. The lowest BCUT2D eigenvalue weighted by Crippen LogP contribution is -2.20. The highest BCUT2D eigenvalue weighted by molar-refractivity contribution is 6.03. The number of rotatable bonds is 4. The van der Waals surface area contributed by atoms with Crippen LogP contribution in [0.3, 0.4) is 0 Å². The maximum absolute atomic E-state index is 12.6. The van der Waals surface area contributed by atoms with E-state index in [9.17, 15) is 4.79 Å². The lowest BCUT2D eigenvalue weighted by atomic mass is 10.1. The number of hydrogen-bond acceptors (Lipinski definition) is 3. The van der Waals surface area contributed by atoms with Gasteiger partial charge in [-0.1, -0.05) is 24.3 Å². The monoisotopic (exact) mass is 322 g/mol. The van der Waals surface area contributed by atoms with Crippen LogP contribution in [0.15, 0.2) is 42.6 Å². The molecule has 2 aliphatic rings. The summed E-state index contributed by atoms with van der Waals surface area (Å²) in [6.45, 7) is 3.78. The van der Waals surface area contributed by atoms with Crippen LogP contribution in [0.2, 0.25) is 0 Å². The molecule has 3 heterocycles. The summed E-state index contributed by atoms with van der Waals surface area (Å²) in [5.74, 6) is 1.82. The van der Waals surface area contributed by atoms with E-state index < -0.39 is 0 Å². The van der Waals surface area contributed by atoms with Gasteiger partial charge in [0.1, 0.15) is 11.6 Å². The Hall–Kier alpha value is -2.40. The summed E-state index contributed by atoms with van der Waals surface area (Å²) in [6, 6.07) is 7.89. The topological polar surface area (TPSA) is 50.2 Å². The number of nitrogens with one attached hydrogen (secondary N) is 1. The lowest BCUT2D eigenvalue weighted by molar-refractivity contribution is 0.102. The van der Waals surface area contributed by atoms with Gasteiger partial charge in [0.2, 0.25) is 0 Å². The van der Waals surface area contributed by atoms with Crippen molar-refractivity contribution in [3.8, 4) is 0 Å². The van der Waals surface area contributed by atoms with Crippen LogP contribution in [0.4, 0.5) is 5.82 Å². The molecule has 5 nitrogen and oxygen atoms in total. The predicted molar refractivity (Wildman–Crippen MR) is 94.0 cm³/mol. The Kier molecular flexibility index (Phi) is 4.17. The molecule has 0 aliphatic carbocycles. The molecule has 0 unspecified atom stereocenters. The van der Waals surface area contributed by atoms with Gasteiger partial charge >= 0.3 is 0 Å². The number of carbonyl (C=O) groups excluding carboxylic acids is 1. The summed E-state index contributed by atoms with van der Waals surface area (Å²) < 4.78 is 2.13. The van der Waals surface area contributed by atoms with Gasteiger partial charge in [0.05, 0.1) is 6.20 Å². The molecule has 1 N–H and O–H groups in total. The van der Waals surface area contributed by atoms with Gasteiger partial charge in [-0.2, -0.15) is 0 Å². The van der Waals surface area contributed by atoms with Crippen molar-refractivity contribution in [1.82, 2.24) is 14.5 Å². The van der Waals surface area contributed by atoms with Gasteiger partial charge < -0.3 is 9.88 Å². The van der Waals surface area contributed by atoms with Crippen molar-refractivity contribution in [3.63, 3.8) is 0 Å². The van der Waals surface area contributed by atoms with E-state index in [-0.39, 0.29) is 5.91 Å². The Morgan fingerprint density at radius 1 is 1.21 bits per heavy atom. The molecule has 0 atom stereocenters. The molecule has 2 aliphatic heterocycles. The molecule has 0 saturated heterocycles. The summed E-state index contributed by atoms with van der Waals surface area (Å²) in [6.07, 6.45) is 9.45. The third-order valence-corrected chi connectivity index (χ3v) is 4.70. The number of aryl methyl sites for hydroxylation is 1. The number of imidazole rings is 1. The van der Waals surface area contributed by atoms with Gasteiger partial charge in [0.25, 0.3) is 5.91 Å². The first-order valence-corrected chi connectivity index (χ1v) is 8.62. The lowest BCUT2D eigenvalue weighted by Gasteiger charge is -2.17. The number of hydrogen-bond donors (Lipinski definition) is 1. The minimum Gasteiger partial charge on any atom is -0.315 e. The zero-order valence-electron chi connectivity index (χ0n) is 13.7. The van der Waals surface area contributed by atoms with Crippen molar-refractivity contribution in [1.29, 1.82) is 0 Å². The van der Waals surface area contributed by atoms with E-state index in [1.54, 1.807) is 6.20 Å². The Morgan fingerprint density at radius 2 is 2.08 bits per heavy atom. The van der Waals surface area contributed by atoms with E-state index in [2.05, 4.69) is 38.0 Å². The van der Waals surface area contributed by atoms with Crippen molar-refractivity contribution in [2.75, 3.05) is 18.4 Å². The Balaban J connectivity index is 1.47. The molecule has 2 aromatic rings. The average Bonchev–Trinajstić information content (AvgIpc) is 3.25. The van der Waals surface area contributed by atoms with Crippen LogP contribution in [0.25, 0.3) is 0 Å². The number of fused-ring (bicyclic) bond motifs is 1. The fraction of sp³-hybridized carbons (Fsp3) is 0.368. The summed E-state index contributed by atoms with van der Waals surface area (Å²) >= 11 is 0. The normalized spacial score (nSPS) is 17.0. The second-order valence-electron chi connectivity index (χ2n) is 6.49. The first-order chi connectivity index (χ1) is 11.8. The second-order valence-corrected chi connectivity index (χ2v) is 6.49. The van der Waals surface area contributed by atoms with Crippen LogP contribution in [-0.4, -0.2) is 33.4 Å². The summed E-state index contributed by atoms with van der Waals surface area (Å²) in [5.41, 5.74) is 1.87. The van der Waals surface area contributed by atoms with Crippen molar-refractivity contribution in [2.45, 2.75) is 32.4 Å². The highest BCUT2D eigenvalue weighted by Gasteiger charge is 2.16. The Bertz CT molecular complexity index is 769. The SMILES string of the molecule is O=C(Nc1cnc2n1CCCC2)c1cccc(CN2CC=CC2)c1. The molecule has 0 bridgehead atoms. The fourth-order valence-electron chi connectivity index (χ4n) is 3.42. The van der Waals surface area contributed by atoms with Crippen molar-refractivity contribution in [2.24, 2.45) is 0 Å². The molecule has 5 heteroatoms. The quantitative estimate of drug-likeness (QED) is 0.881. The average molecular weight is 322 g/mol. The van der Waals surface area contributed by atoms with Crippen LogP contribution >= 0.6 is 0 Å². The van der Waals surface area contributed by atoms with E-state index >= 15 is 0 Å². The van der Waals surface area contributed by atoms with E-state index in [4.69, 9.17) is 0 Å². The largest absolute Gasteiger partial charge is 0.315 e. The number of carbonyl (C=O) groups is 1. The molecule has 1 amide bonds. The number of nitrogens with zero attached hydrogens (tertiary/aromatic N) is 3. The van der Waals surface area contributed by atoms with Crippen LogP contribution in [-0.2, 0) is 19.5 Å². The molecule has 0 saturated carbocycles. The Morgan fingerprint density at radius 3 is 2.96 bits per heavy atom. The molecule has 0 radical (unpaired) electrons. The van der Waals surface area contributed by atoms with Crippen molar-refractivity contribution < 1.29 is 4.79 Å². The molecular formula is C19H22N4O. The van der Waals surface area contributed by atoms with Crippen molar-refractivity contribution in [3.05, 3.63) is 59.6 Å². The maximum Gasteiger partial charge on any atom is 0.256 e. The number of aromatic nitrogens is 2. The summed E-state index contributed by atoms with van der Waals surface area (Å²) in [4.78, 5) is 19.4. The first kappa shape index (κ1) is 15.1. The molecule has 24 heavy (non-hydrogen) atoms. The van der Waals surface area contributed by atoms with Crippen molar-refractivity contribution >= 4 is 11.7 Å². The molecule has 0 fully saturated rings. The smallest absolute Gasteiger partial charge is 0.256 e. The van der Waals surface area contributed by atoms with E-state index in [0.717, 1.165) is 50.7 Å². The predicted octanol–water partition coefficient (Wildman–Crippen LogP) is 2.84. The third kappa shape index (κ3) is 3.12. The van der Waals surface area contributed by atoms with Gasteiger partial charge in [-0.15, -0.1) is 0 Å². The van der Waals surface area contributed by atoms with Gasteiger partial charge in [-0.05, 0) is 30.5 Å². The van der Waals surface area contributed by atoms with E-state index in [0.29, 0.717) is 5.56 Å². The van der Waals surface area contributed by atoms with E-state index in [1.165, 1.54) is 12.0 Å². The number of benzene rings is 1. The van der Waals surface area contributed by atoms with E-state index in [1.807, 2.05) is 18.2 Å². The first-order valence-electron chi connectivity index (χ1n) is 8.62.